The zero-order valence-electron chi connectivity index (χ0n) is 14.9. The first kappa shape index (κ1) is 16.5. The van der Waals surface area contributed by atoms with Crippen molar-refractivity contribution < 1.29 is 19.1 Å². The van der Waals surface area contributed by atoms with Crippen molar-refractivity contribution in [2.24, 2.45) is 5.41 Å². The van der Waals surface area contributed by atoms with E-state index in [4.69, 9.17) is 9.47 Å². The number of carbonyl (C=O) groups excluding carboxylic acids is 2. The normalized spacial score (nSPS) is 31.6. The molecule has 5 rings (SSSR count). The molecule has 0 N–H and O–H groups in total. The predicted octanol–water partition coefficient (Wildman–Crippen LogP) is 2.63. The maximum atomic E-state index is 13.1. The van der Waals surface area contributed by atoms with Crippen molar-refractivity contribution in [1.82, 2.24) is 4.90 Å². The molecule has 3 aliphatic rings. The molecule has 0 aromatic heterocycles. The lowest BCUT2D eigenvalue weighted by atomic mass is 9.71. The molecule has 2 aromatic rings. The van der Waals surface area contributed by atoms with E-state index in [-0.39, 0.29) is 30.6 Å². The Balaban J connectivity index is 1.49. The van der Waals surface area contributed by atoms with E-state index in [0.29, 0.717) is 5.56 Å². The molecular weight excluding hydrogens is 342 g/mol. The molecule has 0 radical (unpaired) electrons. The fourth-order valence-electron chi connectivity index (χ4n) is 5.10. The maximum absolute atomic E-state index is 13.1. The van der Waals surface area contributed by atoms with Crippen molar-refractivity contribution in [1.29, 1.82) is 0 Å². The van der Waals surface area contributed by atoms with Crippen molar-refractivity contribution >= 4 is 11.9 Å². The van der Waals surface area contributed by atoms with Crippen LogP contribution in [0.4, 0.5) is 0 Å². The Morgan fingerprint density at radius 3 is 2.56 bits per heavy atom. The number of hydrogen-bond donors (Lipinski definition) is 0. The first-order chi connectivity index (χ1) is 13.2. The molecule has 3 aliphatic heterocycles. The zero-order valence-corrected chi connectivity index (χ0v) is 14.9. The van der Waals surface area contributed by atoms with E-state index in [0.717, 1.165) is 25.1 Å². The molecule has 0 amide bonds. The van der Waals surface area contributed by atoms with Crippen molar-refractivity contribution in [2.45, 2.75) is 24.5 Å². The van der Waals surface area contributed by atoms with Crippen LogP contribution in [0.25, 0.3) is 0 Å². The van der Waals surface area contributed by atoms with Gasteiger partial charge in [-0.15, -0.1) is 0 Å². The zero-order chi connectivity index (χ0) is 18.4. The van der Waals surface area contributed by atoms with E-state index >= 15 is 0 Å². The van der Waals surface area contributed by atoms with E-state index in [1.54, 1.807) is 24.3 Å². The van der Waals surface area contributed by atoms with Crippen LogP contribution in [0.1, 0.15) is 28.3 Å². The molecule has 3 heterocycles. The number of ether oxygens (including phenoxy) is 2. The highest BCUT2D eigenvalue weighted by Gasteiger charge is 2.70. The summed E-state index contributed by atoms with van der Waals surface area (Å²) in [6, 6.07) is 18.9. The lowest BCUT2D eigenvalue weighted by Gasteiger charge is -2.30. The number of hydrogen-bond acceptors (Lipinski definition) is 5. The lowest BCUT2D eigenvalue weighted by Crippen LogP contribution is -2.45. The van der Waals surface area contributed by atoms with Crippen LogP contribution in [-0.2, 0) is 14.3 Å². The van der Waals surface area contributed by atoms with Crippen molar-refractivity contribution in [3.63, 3.8) is 0 Å². The molecule has 4 atom stereocenters. The highest BCUT2D eigenvalue weighted by molar-refractivity contribution is 5.90. The first-order valence-electron chi connectivity index (χ1n) is 9.42. The van der Waals surface area contributed by atoms with Gasteiger partial charge in [0.15, 0.2) is 0 Å². The van der Waals surface area contributed by atoms with E-state index in [9.17, 15) is 9.59 Å². The van der Waals surface area contributed by atoms with Crippen LogP contribution in [0.3, 0.4) is 0 Å². The van der Waals surface area contributed by atoms with Gasteiger partial charge in [-0.25, -0.2) is 4.79 Å². The summed E-state index contributed by atoms with van der Waals surface area (Å²) >= 11 is 0. The van der Waals surface area contributed by atoms with Gasteiger partial charge >= 0.3 is 11.9 Å². The quantitative estimate of drug-likeness (QED) is 0.782. The van der Waals surface area contributed by atoms with Gasteiger partial charge in [0.1, 0.15) is 18.1 Å². The summed E-state index contributed by atoms with van der Waals surface area (Å²) in [5, 5.41) is 0. The van der Waals surface area contributed by atoms with Gasteiger partial charge in [-0.05, 0) is 24.1 Å². The maximum Gasteiger partial charge on any atom is 0.338 e. The summed E-state index contributed by atoms with van der Waals surface area (Å²) in [7, 11) is 0. The van der Waals surface area contributed by atoms with E-state index in [2.05, 4.69) is 4.90 Å². The summed E-state index contributed by atoms with van der Waals surface area (Å²) in [6.07, 6.45) is 0.758. The van der Waals surface area contributed by atoms with Crippen LogP contribution >= 0.6 is 0 Å². The Morgan fingerprint density at radius 2 is 1.81 bits per heavy atom. The van der Waals surface area contributed by atoms with Crippen LogP contribution < -0.4 is 0 Å². The van der Waals surface area contributed by atoms with E-state index in [1.165, 1.54) is 0 Å². The minimum atomic E-state index is -0.826. The van der Waals surface area contributed by atoms with Gasteiger partial charge in [0.05, 0.1) is 11.6 Å². The second kappa shape index (κ2) is 6.20. The van der Waals surface area contributed by atoms with Crippen LogP contribution in [0.2, 0.25) is 0 Å². The van der Waals surface area contributed by atoms with Gasteiger partial charge in [0, 0.05) is 19.0 Å². The number of carbonyl (C=O) groups is 2. The molecule has 5 heteroatoms. The largest absolute Gasteiger partial charge is 0.461 e. The smallest absolute Gasteiger partial charge is 0.338 e. The van der Waals surface area contributed by atoms with Crippen molar-refractivity contribution in [2.75, 3.05) is 19.7 Å². The van der Waals surface area contributed by atoms with Crippen LogP contribution in [-0.4, -0.2) is 48.7 Å². The van der Waals surface area contributed by atoms with Gasteiger partial charge in [-0.3, -0.25) is 9.69 Å². The summed E-state index contributed by atoms with van der Waals surface area (Å²) in [5.41, 5.74) is 0.766. The van der Waals surface area contributed by atoms with Crippen molar-refractivity contribution in [3.05, 3.63) is 71.8 Å². The molecule has 0 bridgehead atoms. The fourth-order valence-corrected chi connectivity index (χ4v) is 5.10. The molecule has 3 saturated heterocycles. The Kier molecular flexibility index (Phi) is 3.79. The molecular formula is C22H21NO4. The number of esters is 2. The van der Waals surface area contributed by atoms with E-state index < -0.39 is 11.4 Å². The molecule has 5 nitrogen and oxygen atoms in total. The lowest BCUT2D eigenvalue weighted by molar-refractivity contribution is -0.151. The summed E-state index contributed by atoms with van der Waals surface area (Å²) < 4.78 is 11.4. The Hall–Kier alpha value is -2.66. The van der Waals surface area contributed by atoms with Gasteiger partial charge in [-0.2, -0.15) is 0 Å². The summed E-state index contributed by atoms with van der Waals surface area (Å²) in [5.74, 6) is -0.663. The topological polar surface area (TPSA) is 55.8 Å². The molecule has 3 fully saturated rings. The molecule has 2 aromatic carbocycles. The third kappa shape index (κ3) is 2.42. The molecule has 0 unspecified atom stereocenters. The first-order valence-corrected chi connectivity index (χ1v) is 9.42. The summed E-state index contributed by atoms with van der Waals surface area (Å²) in [4.78, 5) is 27.9. The van der Waals surface area contributed by atoms with Crippen LogP contribution in [0, 0.1) is 5.41 Å². The second-order valence-corrected chi connectivity index (χ2v) is 7.62. The minimum absolute atomic E-state index is 0.0150. The highest BCUT2D eigenvalue weighted by Crippen LogP contribution is 2.56. The average Bonchev–Trinajstić information content (AvgIpc) is 3.35. The monoisotopic (exact) mass is 363 g/mol. The van der Waals surface area contributed by atoms with Gasteiger partial charge in [0.25, 0.3) is 0 Å². The average molecular weight is 363 g/mol. The third-order valence-corrected chi connectivity index (χ3v) is 6.31. The Labute approximate surface area is 157 Å². The predicted molar refractivity (Wildman–Crippen MR) is 98.2 cm³/mol. The molecule has 27 heavy (non-hydrogen) atoms. The number of nitrogens with zero attached hydrogens (tertiary/aromatic N) is 1. The Bertz CT molecular complexity index is 868. The van der Waals surface area contributed by atoms with Gasteiger partial charge in [-0.1, -0.05) is 48.5 Å². The number of benzene rings is 2. The molecule has 138 valence electrons. The molecule has 0 aliphatic carbocycles. The van der Waals surface area contributed by atoms with Crippen LogP contribution in [0.15, 0.2) is 60.7 Å². The fraction of sp³-hybridized carbons (Fsp3) is 0.364. The molecule has 0 saturated carbocycles. The number of rotatable bonds is 4. The highest BCUT2D eigenvalue weighted by atomic mass is 16.6. The molecule has 0 spiro atoms. The van der Waals surface area contributed by atoms with Crippen LogP contribution in [0.5, 0.6) is 0 Å². The van der Waals surface area contributed by atoms with E-state index in [1.807, 2.05) is 36.4 Å². The Morgan fingerprint density at radius 1 is 1.11 bits per heavy atom. The summed E-state index contributed by atoms with van der Waals surface area (Å²) in [6.45, 7) is 1.76. The van der Waals surface area contributed by atoms with Gasteiger partial charge in [0.2, 0.25) is 0 Å². The van der Waals surface area contributed by atoms with Gasteiger partial charge < -0.3 is 9.47 Å². The second-order valence-electron chi connectivity index (χ2n) is 7.62. The SMILES string of the molecule is O=C(OC[C@]12C(=O)O[C@@H]3CCN(C[C@@H]1c1ccccc1)[C@@H]32)c1ccccc1. The standard InChI is InChI=1S/C22H21NO4/c24-20(16-9-5-2-6-10-16)26-14-22-17(15-7-3-1-4-8-15)13-23-12-11-18(19(22)23)27-21(22)25/h1-10,17-19H,11-14H2/t17-,18-,19+,22+/m1/s1. The third-order valence-electron chi connectivity index (χ3n) is 6.31. The minimum Gasteiger partial charge on any atom is -0.461 e. The van der Waals surface area contributed by atoms with Crippen molar-refractivity contribution in [3.8, 4) is 0 Å².